The number of benzene rings is 4. The molecule has 1 atom stereocenters. The lowest BCUT2D eigenvalue weighted by molar-refractivity contribution is -0.147. The van der Waals surface area contributed by atoms with Crippen LogP contribution in [0.2, 0.25) is 10.0 Å². The van der Waals surface area contributed by atoms with Gasteiger partial charge >= 0.3 is 5.97 Å². The first kappa shape index (κ1) is 34.6. The summed E-state index contributed by atoms with van der Waals surface area (Å²) in [7, 11) is 1.67. The van der Waals surface area contributed by atoms with Gasteiger partial charge in [-0.15, -0.1) is 0 Å². The van der Waals surface area contributed by atoms with E-state index in [0.29, 0.717) is 24.1 Å². The minimum Gasteiger partial charge on any atom is -0.459 e. The van der Waals surface area contributed by atoms with Crippen molar-refractivity contribution in [3.05, 3.63) is 140 Å². The molecule has 1 aliphatic heterocycles. The zero-order valence-corrected chi connectivity index (χ0v) is 27.8. The molecule has 48 heavy (non-hydrogen) atoms. The number of hydrogen-bond acceptors (Lipinski definition) is 5. The number of fused-ring (bicyclic) bond motifs is 1. The Morgan fingerprint density at radius 2 is 1.60 bits per heavy atom. The molecular formula is C37H34Cl2FN3O5. The van der Waals surface area contributed by atoms with Crippen molar-refractivity contribution in [3.8, 4) is 0 Å². The van der Waals surface area contributed by atoms with E-state index in [4.69, 9.17) is 27.9 Å². The van der Waals surface area contributed by atoms with Crippen LogP contribution in [0.1, 0.15) is 55.8 Å². The number of hydrogen-bond donors (Lipinski definition) is 1. The van der Waals surface area contributed by atoms with E-state index >= 15 is 0 Å². The van der Waals surface area contributed by atoms with Gasteiger partial charge in [-0.1, -0.05) is 96.0 Å². The van der Waals surface area contributed by atoms with E-state index in [0.717, 1.165) is 11.1 Å². The maximum absolute atomic E-state index is 13.7. The zero-order valence-electron chi connectivity index (χ0n) is 26.3. The molecule has 0 saturated carbocycles. The molecule has 3 amide bonds. The number of halogens is 3. The van der Waals surface area contributed by atoms with E-state index in [1.807, 2.05) is 48.5 Å². The van der Waals surface area contributed by atoms with Gasteiger partial charge in [0.2, 0.25) is 5.91 Å². The van der Waals surface area contributed by atoms with E-state index in [2.05, 4.69) is 5.32 Å². The molecule has 1 N–H and O–H groups in total. The number of ether oxygens (including phenoxy) is 1. The molecule has 248 valence electrons. The summed E-state index contributed by atoms with van der Waals surface area (Å²) in [5, 5.41) is 2.60. The highest BCUT2D eigenvalue weighted by Gasteiger charge is 2.32. The molecule has 0 radical (unpaired) electrons. The molecule has 0 unspecified atom stereocenters. The van der Waals surface area contributed by atoms with Crippen LogP contribution in [0.5, 0.6) is 0 Å². The number of esters is 1. The molecule has 8 nitrogen and oxygen atoms in total. The molecule has 0 aliphatic carbocycles. The van der Waals surface area contributed by atoms with Gasteiger partial charge in [-0.25, -0.2) is 9.18 Å². The third-order valence-corrected chi connectivity index (χ3v) is 8.82. The van der Waals surface area contributed by atoms with Gasteiger partial charge in [-0.05, 0) is 53.3 Å². The van der Waals surface area contributed by atoms with Crippen LogP contribution in [0.25, 0.3) is 0 Å². The highest BCUT2D eigenvalue weighted by atomic mass is 35.5. The normalized spacial score (nSPS) is 13.0. The predicted octanol–water partition coefficient (Wildman–Crippen LogP) is 6.61. The Hall–Kier alpha value is -4.73. The average molecular weight is 691 g/mol. The fourth-order valence-corrected chi connectivity index (χ4v) is 6.26. The van der Waals surface area contributed by atoms with Crippen LogP contribution in [0.15, 0.2) is 91.0 Å². The van der Waals surface area contributed by atoms with Crippen LogP contribution >= 0.6 is 23.2 Å². The first-order valence-corrected chi connectivity index (χ1v) is 16.2. The summed E-state index contributed by atoms with van der Waals surface area (Å²) >= 11 is 13.3. The van der Waals surface area contributed by atoms with Gasteiger partial charge < -0.3 is 19.9 Å². The Kier molecular flexibility index (Phi) is 11.5. The fourth-order valence-electron chi connectivity index (χ4n) is 5.54. The fraction of sp³-hybridized carbons (Fsp3) is 0.243. The maximum Gasteiger partial charge on any atom is 0.328 e. The van der Waals surface area contributed by atoms with Crippen molar-refractivity contribution in [1.82, 2.24) is 15.1 Å². The summed E-state index contributed by atoms with van der Waals surface area (Å²) in [6.07, 6.45) is 0.249. The van der Waals surface area contributed by atoms with E-state index in [1.165, 1.54) is 18.2 Å². The summed E-state index contributed by atoms with van der Waals surface area (Å²) in [5.74, 6) is -2.44. The Morgan fingerprint density at radius 1 is 0.938 bits per heavy atom. The maximum atomic E-state index is 13.7. The Morgan fingerprint density at radius 3 is 2.29 bits per heavy atom. The molecule has 1 aliphatic rings. The average Bonchev–Trinajstić information content (AvgIpc) is 3.07. The monoisotopic (exact) mass is 689 g/mol. The number of amides is 3. The second-order valence-corrected chi connectivity index (χ2v) is 12.4. The van der Waals surface area contributed by atoms with Crippen molar-refractivity contribution in [2.24, 2.45) is 0 Å². The lowest BCUT2D eigenvalue weighted by Gasteiger charge is -2.30. The van der Waals surface area contributed by atoms with Crippen molar-refractivity contribution in [3.63, 3.8) is 0 Å². The zero-order chi connectivity index (χ0) is 34.2. The molecule has 4 aromatic rings. The SMILES string of the molecule is CN(Cc1ccccc1)C(=O)CC[C@H](NC(=O)c1c(Cl)cc2c(c1Cl)CCN(Cc1cccc(F)c1)C2=O)C(=O)OCc1ccccc1. The molecule has 0 bridgehead atoms. The lowest BCUT2D eigenvalue weighted by Crippen LogP contribution is -2.43. The largest absolute Gasteiger partial charge is 0.459 e. The van der Waals surface area contributed by atoms with E-state index in [-0.39, 0.29) is 65.5 Å². The first-order valence-electron chi connectivity index (χ1n) is 15.4. The van der Waals surface area contributed by atoms with Crippen LogP contribution < -0.4 is 5.32 Å². The summed E-state index contributed by atoms with van der Waals surface area (Å²) in [6, 6.07) is 24.8. The van der Waals surface area contributed by atoms with Gasteiger partial charge in [0.1, 0.15) is 18.5 Å². The van der Waals surface area contributed by atoms with Crippen LogP contribution in [0, 0.1) is 5.82 Å². The number of carbonyl (C=O) groups is 4. The van der Waals surface area contributed by atoms with Crippen molar-refractivity contribution in [2.45, 2.75) is 45.0 Å². The second kappa shape index (κ2) is 15.9. The molecule has 0 fully saturated rings. The van der Waals surface area contributed by atoms with Crippen LogP contribution in [0.3, 0.4) is 0 Å². The topological polar surface area (TPSA) is 96.0 Å². The van der Waals surface area contributed by atoms with E-state index < -0.39 is 23.7 Å². The molecule has 0 aromatic heterocycles. The van der Waals surface area contributed by atoms with Crippen LogP contribution in [0.4, 0.5) is 4.39 Å². The van der Waals surface area contributed by atoms with Gasteiger partial charge in [0.05, 0.1) is 15.6 Å². The Labute approximate surface area is 288 Å². The van der Waals surface area contributed by atoms with Gasteiger partial charge in [0.15, 0.2) is 0 Å². The van der Waals surface area contributed by atoms with Crippen LogP contribution in [-0.4, -0.2) is 53.1 Å². The predicted molar refractivity (Wildman–Crippen MR) is 181 cm³/mol. The minimum atomic E-state index is -1.19. The lowest BCUT2D eigenvalue weighted by atomic mass is 9.95. The van der Waals surface area contributed by atoms with Gasteiger partial charge in [0.25, 0.3) is 11.8 Å². The standard InChI is InChI=1S/C37H34Cl2FN3O5/c1-42(21-24-9-4-2-5-10-24)32(44)16-15-31(37(47)48-23-25-11-6-3-7-12-25)41-35(45)33-30(38)20-29-28(34(33)39)17-18-43(36(29)46)22-26-13-8-14-27(40)19-26/h2-14,19-20,31H,15-18,21-23H2,1H3,(H,41,45)/t31-/m0/s1. The smallest absolute Gasteiger partial charge is 0.328 e. The van der Waals surface area contributed by atoms with Crippen molar-refractivity contribution < 1.29 is 28.3 Å². The quantitative estimate of drug-likeness (QED) is 0.169. The van der Waals surface area contributed by atoms with Crippen molar-refractivity contribution >= 4 is 46.9 Å². The van der Waals surface area contributed by atoms with Gasteiger partial charge in [0, 0.05) is 38.7 Å². The van der Waals surface area contributed by atoms with E-state index in [9.17, 15) is 23.6 Å². The number of carbonyl (C=O) groups excluding carboxylic acids is 4. The highest BCUT2D eigenvalue weighted by Crippen LogP contribution is 2.35. The van der Waals surface area contributed by atoms with Crippen molar-refractivity contribution in [2.75, 3.05) is 13.6 Å². The molecule has 1 heterocycles. The molecule has 0 saturated heterocycles. The molecule has 0 spiro atoms. The Balaban J connectivity index is 1.31. The molecule has 11 heteroatoms. The second-order valence-electron chi connectivity index (χ2n) is 11.6. The summed E-state index contributed by atoms with van der Waals surface area (Å²) in [4.78, 5) is 56.5. The van der Waals surface area contributed by atoms with Crippen molar-refractivity contribution in [1.29, 1.82) is 0 Å². The first-order chi connectivity index (χ1) is 23.1. The number of rotatable bonds is 12. The summed E-state index contributed by atoms with van der Waals surface area (Å²) in [5.41, 5.74) is 2.95. The molecule has 5 rings (SSSR count). The van der Waals surface area contributed by atoms with Crippen LogP contribution in [-0.2, 0) is 40.4 Å². The molecular weight excluding hydrogens is 656 g/mol. The molecule has 4 aromatic carbocycles. The van der Waals surface area contributed by atoms with Gasteiger partial charge in [-0.3, -0.25) is 14.4 Å². The third-order valence-electron chi connectivity index (χ3n) is 8.11. The van der Waals surface area contributed by atoms with E-state index in [1.54, 1.807) is 41.1 Å². The number of nitrogens with zero attached hydrogens (tertiary/aromatic N) is 2. The summed E-state index contributed by atoms with van der Waals surface area (Å²) in [6.45, 7) is 0.841. The number of nitrogens with one attached hydrogen (secondary N) is 1. The Bertz CT molecular complexity index is 1810. The van der Waals surface area contributed by atoms with Gasteiger partial charge in [-0.2, -0.15) is 0 Å². The highest BCUT2D eigenvalue weighted by molar-refractivity contribution is 6.41. The third kappa shape index (κ3) is 8.59. The minimum absolute atomic E-state index is 0.00355. The summed E-state index contributed by atoms with van der Waals surface area (Å²) < 4.78 is 19.3.